The van der Waals surface area contributed by atoms with Crippen LogP contribution in [0.2, 0.25) is 0 Å². The van der Waals surface area contributed by atoms with Crippen molar-refractivity contribution in [3.8, 4) is 0 Å². The molecule has 9 nitrogen and oxygen atoms in total. The summed E-state index contributed by atoms with van der Waals surface area (Å²) in [5, 5.41) is 12.0. The minimum atomic E-state index is -4.21. The first-order valence-corrected chi connectivity index (χ1v) is 11.5. The number of esters is 1. The second-order valence-electron chi connectivity index (χ2n) is 7.35. The van der Waals surface area contributed by atoms with Crippen LogP contribution in [-0.4, -0.2) is 61.4 Å². The Kier molecular flexibility index (Phi) is 7.26. The van der Waals surface area contributed by atoms with E-state index in [9.17, 15) is 27.9 Å². The molecule has 0 spiro atoms. The van der Waals surface area contributed by atoms with Crippen LogP contribution in [0.25, 0.3) is 0 Å². The van der Waals surface area contributed by atoms with Crippen molar-refractivity contribution in [1.29, 1.82) is 0 Å². The van der Waals surface area contributed by atoms with E-state index in [1.165, 1.54) is 24.3 Å². The van der Waals surface area contributed by atoms with Gasteiger partial charge in [-0.05, 0) is 30.5 Å². The standard InChI is InChI=1S/C22H24N2O7S/c1-31-22(28)16-10-5-6-12-19(16)32(29,30)24-13-7-11-18(24)20(25)23-17(21(26)27)14-15-8-3-2-4-9-15/h2-6,8-10,12,17-18H,7,11,13-14H2,1H3,(H,23,25)(H,26,27)/t17-,18-/m0/s1. The molecule has 0 bridgehead atoms. The molecule has 0 aliphatic carbocycles. The van der Waals surface area contributed by atoms with Crippen LogP contribution < -0.4 is 5.32 Å². The summed E-state index contributed by atoms with van der Waals surface area (Å²) < 4.78 is 32.3. The molecule has 32 heavy (non-hydrogen) atoms. The van der Waals surface area contributed by atoms with Crippen LogP contribution in [0.3, 0.4) is 0 Å². The van der Waals surface area contributed by atoms with Crippen LogP contribution in [0.1, 0.15) is 28.8 Å². The number of amides is 1. The second-order valence-corrected chi connectivity index (χ2v) is 9.21. The summed E-state index contributed by atoms with van der Waals surface area (Å²) in [6, 6.07) is 12.1. The molecule has 3 rings (SSSR count). The summed E-state index contributed by atoms with van der Waals surface area (Å²) in [6.45, 7) is 0.0757. The van der Waals surface area contributed by atoms with Gasteiger partial charge in [0.15, 0.2) is 0 Å². The van der Waals surface area contributed by atoms with E-state index in [0.29, 0.717) is 6.42 Å². The Balaban J connectivity index is 1.83. The topological polar surface area (TPSA) is 130 Å². The average molecular weight is 461 g/mol. The highest BCUT2D eigenvalue weighted by atomic mass is 32.2. The molecule has 10 heteroatoms. The Morgan fingerprint density at radius 2 is 1.78 bits per heavy atom. The molecule has 170 valence electrons. The molecular formula is C22H24N2O7S. The van der Waals surface area contributed by atoms with Crippen molar-refractivity contribution in [3.05, 3.63) is 65.7 Å². The maximum absolute atomic E-state index is 13.3. The number of ether oxygens (including phenoxy) is 1. The van der Waals surface area contributed by atoms with Gasteiger partial charge in [-0.15, -0.1) is 0 Å². The van der Waals surface area contributed by atoms with E-state index in [0.717, 1.165) is 17.0 Å². The normalized spacial score (nSPS) is 17.5. The minimum absolute atomic E-state index is 0.0621. The largest absolute Gasteiger partial charge is 0.480 e. The Bertz CT molecular complexity index is 1100. The monoisotopic (exact) mass is 460 g/mol. The molecule has 2 N–H and O–H groups in total. The molecule has 1 saturated heterocycles. The minimum Gasteiger partial charge on any atom is -0.480 e. The quantitative estimate of drug-likeness (QED) is 0.570. The van der Waals surface area contributed by atoms with Gasteiger partial charge in [-0.1, -0.05) is 42.5 Å². The Morgan fingerprint density at radius 3 is 2.44 bits per heavy atom. The fourth-order valence-corrected chi connectivity index (χ4v) is 5.54. The summed E-state index contributed by atoms with van der Waals surface area (Å²) in [6.07, 6.45) is 0.726. The van der Waals surface area contributed by atoms with Gasteiger partial charge in [0, 0.05) is 13.0 Å². The maximum Gasteiger partial charge on any atom is 0.339 e. The van der Waals surface area contributed by atoms with Crippen molar-refractivity contribution < 1.29 is 32.6 Å². The highest BCUT2D eigenvalue weighted by Gasteiger charge is 2.41. The number of sulfonamides is 1. The first-order chi connectivity index (χ1) is 15.3. The lowest BCUT2D eigenvalue weighted by molar-refractivity contribution is -0.142. The Morgan fingerprint density at radius 1 is 1.12 bits per heavy atom. The Hall–Kier alpha value is -3.24. The molecule has 0 saturated carbocycles. The number of carbonyl (C=O) groups is 3. The summed E-state index contributed by atoms with van der Waals surface area (Å²) in [5.41, 5.74) is 0.594. The molecule has 1 heterocycles. The third-order valence-corrected chi connectivity index (χ3v) is 7.25. The molecule has 0 radical (unpaired) electrons. The average Bonchev–Trinajstić information content (AvgIpc) is 3.30. The van der Waals surface area contributed by atoms with Crippen LogP contribution >= 0.6 is 0 Å². The highest BCUT2D eigenvalue weighted by molar-refractivity contribution is 7.89. The molecule has 2 atom stereocenters. The third kappa shape index (κ3) is 4.97. The van der Waals surface area contributed by atoms with Gasteiger partial charge in [-0.25, -0.2) is 18.0 Å². The van der Waals surface area contributed by atoms with Gasteiger partial charge in [0.05, 0.1) is 17.6 Å². The number of carboxylic acid groups (broad SMARTS) is 1. The van der Waals surface area contributed by atoms with Gasteiger partial charge in [-0.3, -0.25) is 4.79 Å². The molecule has 1 fully saturated rings. The molecule has 0 unspecified atom stereocenters. The molecule has 2 aromatic rings. The molecule has 1 aliphatic heterocycles. The first kappa shape index (κ1) is 23.4. The van der Waals surface area contributed by atoms with Gasteiger partial charge in [0.2, 0.25) is 15.9 Å². The number of hydrogen-bond donors (Lipinski definition) is 2. The number of methoxy groups -OCH3 is 1. The number of rotatable bonds is 8. The van der Waals surface area contributed by atoms with Gasteiger partial charge in [-0.2, -0.15) is 4.31 Å². The summed E-state index contributed by atoms with van der Waals surface area (Å²) >= 11 is 0. The van der Waals surface area contributed by atoms with E-state index in [1.807, 2.05) is 0 Å². The third-order valence-electron chi connectivity index (χ3n) is 5.28. The van der Waals surface area contributed by atoms with Crippen LogP contribution in [-0.2, 0) is 30.8 Å². The zero-order chi connectivity index (χ0) is 23.3. The summed E-state index contributed by atoms with van der Waals surface area (Å²) in [5.74, 6) is -2.71. The van der Waals surface area contributed by atoms with E-state index in [-0.39, 0.29) is 29.8 Å². The number of benzene rings is 2. The van der Waals surface area contributed by atoms with E-state index in [4.69, 9.17) is 0 Å². The number of hydrogen-bond acceptors (Lipinski definition) is 6. The van der Waals surface area contributed by atoms with Gasteiger partial charge in [0.25, 0.3) is 0 Å². The van der Waals surface area contributed by atoms with Crippen LogP contribution in [0, 0.1) is 0 Å². The lowest BCUT2D eigenvalue weighted by Gasteiger charge is -2.25. The lowest BCUT2D eigenvalue weighted by Crippen LogP contribution is -2.51. The van der Waals surface area contributed by atoms with E-state index >= 15 is 0 Å². The molecule has 1 aliphatic rings. The van der Waals surface area contributed by atoms with Crippen molar-refractivity contribution in [3.63, 3.8) is 0 Å². The predicted octanol–water partition coefficient (Wildman–Crippen LogP) is 1.44. The van der Waals surface area contributed by atoms with Crippen molar-refractivity contribution in [2.75, 3.05) is 13.7 Å². The molecule has 2 aromatic carbocycles. The highest BCUT2D eigenvalue weighted by Crippen LogP contribution is 2.28. The lowest BCUT2D eigenvalue weighted by atomic mass is 10.1. The first-order valence-electron chi connectivity index (χ1n) is 10.0. The number of nitrogens with one attached hydrogen (secondary N) is 1. The molecular weight excluding hydrogens is 436 g/mol. The van der Waals surface area contributed by atoms with Gasteiger partial charge in [0.1, 0.15) is 12.1 Å². The van der Waals surface area contributed by atoms with Crippen molar-refractivity contribution >= 4 is 27.9 Å². The van der Waals surface area contributed by atoms with E-state index in [2.05, 4.69) is 10.1 Å². The summed E-state index contributed by atoms with van der Waals surface area (Å²) in [4.78, 5) is 36.4. The van der Waals surface area contributed by atoms with Crippen LogP contribution in [0.5, 0.6) is 0 Å². The number of nitrogens with zero attached hydrogens (tertiary/aromatic N) is 1. The number of carbonyl (C=O) groups excluding carboxylic acids is 2. The van der Waals surface area contributed by atoms with Crippen molar-refractivity contribution in [1.82, 2.24) is 9.62 Å². The van der Waals surface area contributed by atoms with Crippen molar-refractivity contribution in [2.45, 2.75) is 36.2 Å². The van der Waals surface area contributed by atoms with Crippen molar-refractivity contribution in [2.24, 2.45) is 0 Å². The Labute approximate surface area is 186 Å². The number of aliphatic carboxylic acids is 1. The van der Waals surface area contributed by atoms with Crippen LogP contribution in [0.4, 0.5) is 0 Å². The van der Waals surface area contributed by atoms with Gasteiger partial charge >= 0.3 is 11.9 Å². The molecule has 0 aromatic heterocycles. The SMILES string of the molecule is COC(=O)c1ccccc1S(=O)(=O)N1CCC[C@H]1C(=O)N[C@@H](Cc1ccccc1)C(=O)O. The number of carboxylic acids is 1. The smallest absolute Gasteiger partial charge is 0.339 e. The maximum atomic E-state index is 13.3. The van der Waals surface area contributed by atoms with E-state index < -0.39 is 40.0 Å². The summed E-state index contributed by atoms with van der Waals surface area (Å²) in [7, 11) is -3.06. The van der Waals surface area contributed by atoms with Gasteiger partial charge < -0.3 is 15.2 Å². The van der Waals surface area contributed by atoms with E-state index in [1.54, 1.807) is 30.3 Å². The zero-order valence-corrected chi connectivity index (χ0v) is 18.2. The fraction of sp³-hybridized carbons (Fsp3) is 0.318. The van der Waals surface area contributed by atoms with Crippen LogP contribution in [0.15, 0.2) is 59.5 Å². The fourth-order valence-electron chi connectivity index (χ4n) is 3.70. The zero-order valence-electron chi connectivity index (χ0n) is 17.4. The molecule has 1 amide bonds. The second kappa shape index (κ2) is 9.92. The predicted molar refractivity (Wildman–Crippen MR) is 114 cm³/mol.